The average molecular weight is 208 g/mol. The fourth-order valence-corrected chi connectivity index (χ4v) is 2.17. The third-order valence-corrected chi connectivity index (χ3v) is 3.31. The van der Waals surface area contributed by atoms with Crippen LogP contribution in [0.5, 0.6) is 0 Å². The number of hydrogen-bond acceptors (Lipinski definition) is 3. The Bertz CT molecular complexity index is 308. The molecule has 0 aromatic carbocycles. The molecule has 0 radical (unpaired) electrons. The molecule has 2 rings (SSSR count). The van der Waals surface area contributed by atoms with Crippen LogP contribution < -0.4 is 5.32 Å². The van der Waals surface area contributed by atoms with Gasteiger partial charge in [0.15, 0.2) is 0 Å². The van der Waals surface area contributed by atoms with E-state index in [-0.39, 0.29) is 0 Å². The fraction of sp³-hybridized carbons (Fsp3) is 0.667. The maximum absolute atomic E-state index is 5.38. The van der Waals surface area contributed by atoms with E-state index >= 15 is 0 Å². The SMILES string of the molecule is Cc1ccoc1CNCC1CCCN1C. The van der Waals surface area contributed by atoms with Gasteiger partial charge >= 0.3 is 0 Å². The van der Waals surface area contributed by atoms with Gasteiger partial charge in [0.05, 0.1) is 12.8 Å². The summed E-state index contributed by atoms with van der Waals surface area (Å²) < 4.78 is 5.38. The standard InChI is InChI=1S/C12H20N2O/c1-10-5-7-15-12(10)9-13-8-11-4-3-6-14(11)2/h5,7,11,13H,3-4,6,8-9H2,1-2H3. The first-order valence-electron chi connectivity index (χ1n) is 5.71. The van der Waals surface area contributed by atoms with Crippen molar-refractivity contribution in [2.24, 2.45) is 0 Å². The van der Waals surface area contributed by atoms with Crippen molar-refractivity contribution >= 4 is 0 Å². The molecule has 0 spiro atoms. The molecule has 0 saturated carbocycles. The highest BCUT2D eigenvalue weighted by Crippen LogP contribution is 2.14. The normalized spacial score (nSPS) is 22.4. The van der Waals surface area contributed by atoms with Crippen molar-refractivity contribution in [2.45, 2.75) is 32.4 Å². The highest BCUT2D eigenvalue weighted by atomic mass is 16.3. The van der Waals surface area contributed by atoms with E-state index in [0.29, 0.717) is 6.04 Å². The van der Waals surface area contributed by atoms with E-state index in [1.165, 1.54) is 24.9 Å². The quantitative estimate of drug-likeness (QED) is 0.817. The number of hydrogen-bond donors (Lipinski definition) is 1. The first kappa shape index (κ1) is 10.7. The van der Waals surface area contributed by atoms with Crippen molar-refractivity contribution in [2.75, 3.05) is 20.1 Å². The number of likely N-dealkylation sites (tertiary alicyclic amines) is 1. The zero-order valence-corrected chi connectivity index (χ0v) is 9.62. The Morgan fingerprint density at radius 1 is 1.60 bits per heavy atom. The van der Waals surface area contributed by atoms with Crippen LogP contribution >= 0.6 is 0 Å². The first-order chi connectivity index (χ1) is 7.27. The number of rotatable bonds is 4. The highest BCUT2D eigenvalue weighted by molar-refractivity contribution is 5.14. The van der Waals surface area contributed by atoms with Crippen LogP contribution in [0.4, 0.5) is 0 Å². The average Bonchev–Trinajstić information content (AvgIpc) is 2.78. The van der Waals surface area contributed by atoms with Crippen molar-refractivity contribution in [3.05, 3.63) is 23.7 Å². The zero-order valence-electron chi connectivity index (χ0n) is 9.62. The van der Waals surface area contributed by atoms with Gasteiger partial charge in [-0.25, -0.2) is 0 Å². The predicted molar refractivity (Wildman–Crippen MR) is 60.8 cm³/mol. The molecule has 1 saturated heterocycles. The van der Waals surface area contributed by atoms with Crippen LogP contribution in [0.1, 0.15) is 24.2 Å². The topological polar surface area (TPSA) is 28.4 Å². The number of furan rings is 1. The third-order valence-electron chi connectivity index (χ3n) is 3.31. The van der Waals surface area contributed by atoms with Gasteiger partial charge in [0.25, 0.3) is 0 Å². The van der Waals surface area contributed by atoms with Gasteiger partial charge in [-0.2, -0.15) is 0 Å². The molecule has 84 valence electrons. The first-order valence-corrected chi connectivity index (χ1v) is 5.71. The molecule has 1 atom stereocenters. The second-order valence-corrected chi connectivity index (χ2v) is 4.43. The Labute approximate surface area is 91.4 Å². The van der Waals surface area contributed by atoms with Gasteiger partial charge in [-0.15, -0.1) is 0 Å². The van der Waals surface area contributed by atoms with Crippen LogP contribution in [0.2, 0.25) is 0 Å². The Balaban J connectivity index is 1.73. The van der Waals surface area contributed by atoms with Gasteiger partial charge < -0.3 is 14.6 Å². The molecular formula is C12H20N2O. The molecule has 1 aliphatic heterocycles. The van der Waals surface area contributed by atoms with Crippen molar-refractivity contribution in [3.8, 4) is 0 Å². The second kappa shape index (κ2) is 4.81. The molecule has 0 bridgehead atoms. The van der Waals surface area contributed by atoms with Crippen molar-refractivity contribution < 1.29 is 4.42 Å². The van der Waals surface area contributed by atoms with Crippen molar-refractivity contribution in [1.29, 1.82) is 0 Å². The van der Waals surface area contributed by atoms with Crippen LogP contribution in [0.15, 0.2) is 16.7 Å². The van der Waals surface area contributed by atoms with Gasteiger partial charge in [-0.1, -0.05) is 0 Å². The lowest BCUT2D eigenvalue weighted by Gasteiger charge is -2.19. The van der Waals surface area contributed by atoms with E-state index in [9.17, 15) is 0 Å². The van der Waals surface area contributed by atoms with Gasteiger partial charge in [0.2, 0.25) is 0 Å². The summed E-state index contributed by atoms with van der Waals surface area (Å²) in [6.07, 6.45) is 4.41. The van der Waals surface area contributed by atoms with E-state index in [1.54, 1.807) is 6.26 Å². The summed E-state index contributed by atoms with van der Waals surface area (Å²) in [6, 6.07) is 2.72. The van der Waals surface area contributed by atoms with E-state index in [4.69, 9.17) is 4.42 Å². The molecule has 1 aromatic heterocycles. The molecule has 2 heterocycles. The van der Waals surface area contributed by atoms with Crippen molar-refractivity contribution in [1.82, 2.24) is 10.2 Å². The van der Waals surface area contributed by atoms with Crippen LogP contribution in [-0.4, -0.2) is 31.1 Å². The lowest BCUT2D eigenvalue weighted by molar-refractivity contribution is 0.297. The molecule has 1 unspecified atom stereocenters. The lowest BCUT2D eigenvalue weighted by Crippen LogP contribution is -2.35. The number of nitrogens with zero attached hydrogens (tertiary/aromatic N) is 1. The number of nitrogens with one attached hydrogen (secondary N) is 1. The minimum absolute atomic E-state index is 0.709. The molecule has 1 aromatic rings. The summed E-state index contributed by atoms with van der Waals surface area (Å²) >= 11 is 0. The van der Waals surface area contributed by atoms with E-state index < -0.39 is 0 Å². The second-order valence-electron chi connectivity index (χ2n) is 4.43. The summed E-state index contributed by atoms with van der Waals surface area (Å²) in [6.45, 7) is 5.24. The van der Waals surface area contributed by atoms with E-state index in [0.717, 1.165) is 18.8 Å². The Hall–Kier alpha value is -0.800. The molecule has 1 aliphatic rings. The molecule has 15 heavy (non-hydrogen) atoms. The van der Waals surface area contributed by atoms with Gasteiger partial charge in [-0.05, 0) is 45.0 Å². The minimum Gasteiger partial charge on any atom is -0.468 e. The smallest absolute Gasteiger partial charge is 0.120 e. The summed E-state index contributed by atoms with van der Waals surface area (Å²) in [7, 11) is 2.21. The molecule has 3 nitrogen and oxygen atoms in total. The van der Waals surface area contributed by atoms with Crippen LogP contribution in [0.3, 0.4) is 0 Å². The van der Waals surface area contributed by atoms with Gasteiger partial charge in [0, 0.05) is 12.6 Å². The predicted octanol–water partition coefficient (Wildman–Crippen LogP) is 1.77. The van der Waals surface area contributed by atoms with Crippen LogP contribution in [-0.2, 0) is 6.54 Å². The largest absolute Gasteiger partial charge is 0.468 e. The minimum atomic E-state index is 0.709. The van der Waals surface area contributed by atoms with Gasteiger partial charge in [0.1, 0.15) is 5.76 Å². The molecule has 1 fully saturated rings. The zero-order chi connectivity index (χ0) is 10.7. The molecule has 0 aliphatic carbocycles. The molecule has 3 heteroatoms. The van der Waals surface area contributed by atoms with E-state index in [2.05, 4.69) is 24.2 Å². The summed E-state index contributed by atoms with van der Waals surface area (Å²) in [4.78, 5) is 2.43. The molecular weight excluding hydrogens is 188 g/mol. The third kappa shape index (κ3) is 2.61. The maximum atomic E-state index is 5.38. The molecule has 1 N–H and O–H groups in total. The van der Waals surface area contributed by atoms with E-state index in [1.807, 2.05) is 6.07 Å². The Kier molecular flexibility index (Phi) is 3.44. The Morgan fingerprint density at radius 2 is 2.47 bits per heavy atom. The summed E-state index contributed by atoms with van der Waals surface area (Å²) in [5.74, 6) is 1.07. The maximum Gasteiger partial charge on any atom is 0.120 e. The fourth-order valence-electron chi connectivity index (χ4n) is 2.17. The number of likely N-dealkylation sites (N-methyl/N-ethyl adjacent to an activating group) is 1. The van der Waals surface area contributed by atoms with Crippen molar-refractivity contribution in [3.63, 3.8) is 0 Å². The summed E-state index contributed by atoms with van der Waals surface area (Å²) in [5.41, 5.74) is 1.24. The molecule has 0 amide bonds. The summed E-state index contributed by atoms with van der Waals surface area (Å²) in [5, 5.41) is 3.47. The lowest BCUT2D eigenvalue weighted by atomic mass is 10.2. The van der Waals surface area contributed by atoms with Gasteiger partial charge in [-0.3, -0.25) is 0 Å². The Morgan fingerprint density at radius 3 is 3.07 bits per heavy atom. The van der Waals surface area contributed by atoms with Crippen LogP contribution in [0, 0.1) is 6.92 Å². The highest BCUT2D eigenvalue weighted by Gasteiger charge is 2.19. The van der Waals surface area contributed by atoms with Crippen LogP contribution in [0.25, 0.3) is 0 Å². The monoisotopic (exact) mass is 208 g/mol. The number of aryl methyl sites for hydroxylation is 1.